The van der Waals surface area contributed by atoms with Gasteiger partial charge in [-0.2, -0.15) is 0 Å². The fraction of sp³-hybridized carbons (Fsp3) is 0.200. The van der Waals surface area contributed by atoms with Crippen molar-refractivity contribution >= 4 is 28.9 Å². The topological polar surface area (TPSA) is 93.0 Å². The Morgan fingerprint density at radius 2 is 1.48 bits per heavy atom. The molecule has 2 fully saturated rings. The minimum Gasteiger partial charge on any atom is -0.273 e. The second-order valence-electron chi connectivity index (χ2n) is 8.36. The largest absolute Gasteiger partial charge is 0.273 e. The molecule has 0 saturated carbocycles. The molecule has 0 unspecified atom stereocenters. The fourth-order valence-corrected chi connectivity index (χ4v) is 4.43. The molecule has 2 heterocycles. The molecule has 0 bridgehead atoms. The lowest BCUT2D eigenvalue weighted by Gasteiger charge is -2.28. The molecule has 0 aromatic heterocycles. The molecule has 3 aromatic rings. The van der Waals surface area contributed by atoms with Gasteiger partial charge in [0.2, 0.25) is 5.91 Å². The molecular weight excluding hydrogens is 422 g/mol. The van der Waals surface area contributed by atoms with Crippen LogP contribution in [0.4, 0.5) is 17.1 Å². The van der Waals surface area contributed by atoms with E-state index in [1.807, 2.05) is 50.2 Å². The van der Waals surface area contributed by atoms with Gasteiger partial charge in [-0.05, 0) is 37.6 Å². The van der Waals surface area contributed by atoms with Gasteiger partial charge in [0.05, 0.1) is 22.3 Å². The quantitative estimate of drug-likeness (QED) is 0.340. The first kappa shape index (κ1) is 20.8. The SMILES string of the molecule is Cc1ccc([C@H]2[C@H]3C(=O)N(c4ccc(C)cc4)C(=O)[C@@H]3ON2c2cccc([N+](=O)[O-])c2)cc1. The first-order valence-electron chi connectivity index (χ1n) is 10.6. The number of benzene rings is 3. The van der Waals surface area contributed by atoms with Crippen LogP contribution >= 0.6 is 0 Å². The van der Waals surface area contributed by atoms with Crippen LogP contribution in [-0.4, -0.2) is 22.8 Å². The summed E-state index contributed by atoms with van der Waals surface area (Å²) >= 11 is 0. The number of nitro groups is 1. The number of non-ortho nitro benzene ring substituents is 1. The van der Waals surface area contributed by atoms with Crippen molar-refractivity contribution < 1.29 is 19.3 Å². The molecule has 8 nitrogen and oxygen atoms in total. The van der Waals surface area contributed by atoms with Crippen LogP contribution in [0.5, 0.6) is 0 Å². The number of aryl methyl sites for hydroxylation is 2. The van der Waals surface area contributed by atoms with Crippen LogP contribution < -0.4 is 9.96 Å². The minimum atomic E-state index is -1.02. The van der Waals surface area contributed by atoms with Crippen LogP contribution in [0, 0.1) is 29.9 Å². The van der Waals surface area contributed by atoms with E-state index in [0.29, 0.717) is 11.4 Å². The lowest BCUT2D eigenvalue weighted by atomic mass is 9.90. The van der Waals surface area contributed by atoms with Gasteiger partial charge in [0.25, 0.3) is 11.6 Å². The molecule has 166 valence electrons. The lowest BCUT2D eigenvalue weighted by molar-refractivity contribution is -0.384. The number of hydrogen-bond acceptors (Lipinski definition) is 6. The highest BCUT2D eigenvalue weighted by Crippen LogP contribution is 2.48. The van der Waals surface area contributed by atoms with E-state index >= 15 is 0 Å². The van der Waals surface area contributed by atoms with E-state index in [9.17, 15) is 19.7 Å². The highest BCUT2D eigenvalue weighted by molar-refractivity contribution is 6.23. The molecule has 0 N–H and O–H groups in total. The number of nitro benzene ring substituents is 1. The zero-order valence-corrected chi connectivity index (χ0v) is 18.0. The minimum absolute atomic E-state index is 0.102. The van der Waals surface area contributed by atoms with Crippen molar-refractivity contribution in [1.82, 2.24) is 0 Å². The van der Waals surface area contributed by atoms with Gasteiger partial charge in [0.1, 0.15) is 5.92 Å². The zero-order valence-electron chi connectivity index (χ0n) is 18.0. The maximum atomic E-state index is 13.6. The summed E-state index contributed by atoms with van der Waals surface area (Å²) < 4.78 is 0. The molecular formula is C25H21N3O5. The van der Waals surface area contributed by atoms with Gasteiger partial charge in [-0.1, -0.05) is 53.6 Å². The van der Waals surface area contributed by atoms with E-state index in [1.54, 1.807) is 24.3 Å². The maximum absolute atomic E-state index is 13.6. The Hall–Kier alpha value is -4.04. The summed E-state index contributed by atoms with van der Waals surface area (Å²) in [7, 11) is 0. The predicted molar refractivity (Wildman–Crippen MR) is 122 cm³/mol. The Morgan fingerprint density at radius 3 is 2.12 bits per heavy atom. The highest BCUT2D eigenvalue weighted by Gasteiger charge is 2.60. The average molecular weight is 443 g/mol. The molecule has 0 radical (unpaired) electrons. The molecule has 2 saturated heterocycles. The first-order valence-corrected chi connectivity index (χ1v) is 10.6. The summed E-state index contributed by atoms with van der Waals surface area (Å²) in [6, 6.07) is 20.2. The molecule has 3 aromatic carbocycles. The molecule has 2 aliphatic heterocycles. The second kappa shape index (κ2) is 7.83. The van der Waals surface area contributed by atoms with Crippen LogP contribution in [0.25, 0.3) is 0 Å². The Morgan fingerprint density at radius 1 is 0.848 bits per heavy atom. The van der Waals surface area contributed by atoms with Gasteiger partial charge in [-0.15, -0.1) is 0 Å². The zero-order chi connectivity index (χ0) is 23.3. The third kappa shape index (κ3) is 3.44. The van der Waals surface area contributed by atoms with Crippen molar-refractivity contribution in [1.29, 1.82) is 0 Å². The molecule has 2 aliphatic rings. The van der Waals surface area contributed by atoms with Gasteiger partial charge < -0.3 is 0 Å². The highest BCUT2D eigenvalue weighted by atomic mass is 16.7. The number of carbonyl (C=O) groups excluding carboxylic acids is 2. The number of fused-ring (bicyclic) bond motifs is 1. The van der Waals surface area contributed by atoms with Gasteiger partial charge in [0, 0.05) is 12.1 Å². The van der Waals surface area contributed by atoms with Gasteiger partial charge in [0.15, 0.2) is 6.10 Å². The van der Waals surface area contributed by atoms with E-state index in [-0.39, 0.29) is 11.6 Å². The van der Waals surface area contributed by atoms with Crippen molar-refractivity contribution in [2.75, 3.05) is 9.96 Å². The molecule has 0 spiro atoms. The molecule has 5 rings (SSSR count). The summed E-state index contributed by atoms with van der Waals surface area (Å²) in [5.74, 6) is -1.59. The predicted octanol–water partition coefficient (Wildman–Crippen LogP) is 4.26. The van der Waals surface area contributed by atoms with Crippen molar-refractivity contribution in [3.8, 4) is 0 Å². The maximum Gasteiger partial charge on any atom is 0.271 e. The summed E-state index contributed by atoms with van der Waals surface area (Å²) in [6.07, 6.45) is -1.02. The number of rotatable bonds is 4. The Labute approximate surface area is 190 Å². The smallest absolute Gasteiger partial charge is 0.271 e. The first-order chi connectivity index (χ1) is 15.8. The number of imide groups is 1. The van der Waals surface area contributed by atoms with Crippen molar-refractivity contribution in [3.05, 3.63) is 99.6 Å². The number of hydroxylamine groups is 1. The lowest BCUT2D eigenvalue weighted by Crippen LogP contribution is -2.37. The van der Waals surface area contributed by atoms with E-state index in [1.165, 1.54) is 22.1 Å². The monoisotopic (exact) mass is 443 g/mol. The molecule has 2 amide bonds. The van der Waals surface area contributed by atoms with E-state index in [4.69, 9.17) is 4.84 Å². The van der Waals surface area contributed by atoms with E-state index in [0.717, 1.165) is 16.7 Å². The number of amides is 2. The molecule has 0 aliphatic carbocycles. The normalized spacial score (nSPS) is 22.1. The standard InChI is InChI=1S/C25H21N3O5/c1-15-6-10-17(11-7-15)22-21-23(33-27(22)19-4-3-5-20(14-19)28(31)32)25(30)26(24(21)29)18-12-8-16(2)9-13-18/h3-14,21-23H,1-2H3/t21-,22+,23-/m1/s1. The molecule has 33 heavy (non-hydrogen) atoms. The summed E-state index contributed by atoms with van der Waals surface area (Å²) in [5, 5.41) is 12.8. The van der Waals surface area contributed by atoms with Crippen LogP contribution in [0.3, 0.4) is 0 Å². The van der Waals surface area contributed by atoms with Crippen LogP contribution in [0.2, 0.25) is 0 Å². The number of anilines is 2. The van der Waals surface area contributed by atoms with Crippen molar-refractivity contribution in [3.63, 3.8) is 0 Å². The Bertz CT molecular complexity index is 1260. The number of carbonyl (C=O) groups is 2. The second-order valence-corrected chi connectivity index (χ2v) is 8.36. The Kier molecular flexibility index (Phi) is 4.94. The fourth-order valence-electron chi connectivity index (χ4n) is 4.43. The number of nitrogens with zero attached hydrogens (tertiary/aromatic N) is 3. The van der Waals surface area contributed by atoms with Crippen LogP contribution in [0.15, 0.2) is 72.8 Å². The van der Waals surface area contributed by atoms with Gasteiger partial charge in [-0.25, -0.2) is 9.96 Å². The van der Waals surface area contributed by atoms with E-state index in [2.05, 4.69) is 0 Å². The summed E-state index contributed by atoms with van der Waals surface area (Å²) in [6.45, 7) is 3.89. The van der Waals surface area contributed by atoms with Gasteiger partial charge in [-0.3, -0.25) is 24.5 Å². The van der Waals surface area contributed by atoms with Gasteiger partial charge >= 0.3 is 0 Å². The van der Waals surface area contributed by atoms with Crippen LogP contribution in [0.1, 0.15) is 22.7 Å². The van der Waals surface area contributed by atoms with Crippen LogP contribution in [-0.2, 0) is 14.4 Å². The molecule has 8 heteroatoms. The Balaban J connectivity index is 1.59. The van der Waals surface area contributed by atoms with E-state index < -0.39 is 28.9 Å². The third-order valence-corrected chi connectivity index (χ3v) is 6.12. The third-order valence-electron chi connectivity index (χ3n) is 6.12. The van der Waals surface area contributed by atoms with Crippen molar-refractivity contribution in [2.45, 2.75) is 26.0 Å². The molecule has 3 atom stereocenters. The summed E-state index contributed by atoms with van der Waals surface area (Å²) in [4.78, 5) is 45.0. The van der Waals surface area contributed by atoms with Crippen molar-refractivity contribution in [2.24, 2.45) is 5.92 Å². The number of hydrogen-bond donors (Lipinski definition) is 0. The average Bonchev–Trinajstić information content (AvgIpc) is 3.31. The summed E-state index contributed by atoms with van der Waals surface area (Å²) in [5.41, 5.74) is 3.65.